The zero-order valence-electron chi connectivity index (χ0n) is 10.5. The monoisotopic (exact) mass is 261 g/mol. The van der Waals surface area contributed by atoms with E-state index in [2.05, 4.69) is 11.8 Å². The van der Waals surface area contributed by atoms with Crippen molar-refractivity contribution in [1.82, 2.24) is 4.90 Å². The second kappa shape index (κ2) is 5.24. The molecule has 2 aliphatic rings. The summed E-state index contributed by atoms with van der Waals surface area (Å²) < 4.78 is 22.7. The average Bonchev–Trinajstić information content (AvgIpc) is 2.26. The van der Waals surface area contributed by atoms with Gasteiger partial charge in [0.15, 0.2) is 9.84 Å². The molecule has 4 nitrogen and oxygen atoms in total. The summed E-state index contributed by atoms with van der Waals surface area (Å²) in [6, 6.07) is 0. The quantitative estimate of drug-likeness (QED) is 0.787. The lowest BCUT2D eigenvalue weighted by atomic mass is 9.80. The first-order valence-electron chi connectivity index (χ1n) is 6.57. The number of sulfone groups is 1. The highest BCUT2D eigenvalue weighted by Gasteiger charge is 2.30. The zero-order chi connectivity index (χ0) is 12.5. The number of hydrogen-bond donors (Lipinski definition) is 1. The highest BCUT2D eigenvalue weighted by Crippen LogP contribution is 2.29. The maximum atomic E-state index is 11.3. The van der Waals surface area contributed by atoms with E-state index in [-0.39, 0.29) is 17.6 Å². The SMILES string of the molecule is CC1CCC(O)C(CN2CCS(=O)(=O)CC2)C1. The van der Waals surface area contributed by atoms with E-state index in [9.17, 15) is 13.5 Å². The van der Waals surface area contributed by atoms with Gasteiger partial charge >= 0.3 is 0 Å². The Hall–Kier alpha value is -0.130. The maximum absolute atomic E-state index is 11.3. The van der Waals surface area contributed by atoms with Crippen LogP contribution in [0.15, 0.2) is 0 Å². The zero-order valence-corrected chi connectivity index (χ0v) is 11.3. The Kier molecular flexibility index (Phi) is 4.10. The van der Waals surface area contributed by atoms with Crippen molar-refractivity contribution in [3.8, 4) is 0 Å². The lowest BCUT2D eigenvalue weighted by Crippen LogP contribution is -2.45. The van der Waals surface area contributed by atoms with Crippen molar-refractivity contribution in [3.05, 3.63) is 0 Å². The molecule has 0 aromatic rings. The summed E-state index contributed by atoms with van der Waals surface area (Å²) in [6.45, 7) is 4.38. The molecular formula is C12H23NO3S. The summed E-state index contributed by atoms with van der Waals surface area (Å²) in [7, 11) is -2.78. The van der Waals surface area contributed by atoms with Crippen LogP contribution in [-0.2, 0) is 9.84 Å². The molecule has 0 spiro atoms. The van der Waals surface area contributed by atoms with Crippen molar-refractivity contribution in [3.63, 3.8) is 0 Å². The second-order valence-electron chi connectivity index (χ2n) is 5.70. The van der Waals surface area contributed by atoms with Crippen molar-refractivity contribution in [2.24, 2.45) is 11.8 Å². The van der Waals surface area contributed by atoms with Gasteiger partial charge in [-0.2, -0.15) is 0 Å². The molecule has 2 fully saturated rings. The van der Waals surface area contributed by atoms with E-state index in [1.54, 1.807) is 0 Å². The standard InChI is InChI=1S/C12H23NO3S/c1-10-2-3-12(14)11(8-10)9-13-4-6-17(15,16)7-5-13/h10-12,14H,2-9H2,1H3. The molecule has 1 heterocycles. The van der Waals surface area contributed by atoms with Crippen LogP contribution in [-0.4, -0.2) is 55.7 Å². The molecule has 0 amide bonds. The molecule has 0 aromatic carbocycles. The van der Waals surface area contributed by atoms with Crippen LogP contribution in [0.2, 0.25) is 0 Å². The fraction of sp³-hybridized carbons (Fsp3) is 1.00. The first-order chi connectivity index (χ1) is 7.96. The molecule has 1 aliphatic carbocycles. The van der Waals surface area contributed by atoms with Gasteiger partial charge in [-0.25, -0.2) is 8.42 Å². The van der Waals surface area contributed by atoms with Gasteiger partial charge in [-0.15, -0.1) is 0 Å². The highest BCUT2D eigenvalue weighted by molar-refractivity contribution is 7.91. The van der Waals surface area contributed by atoms with Crippen LogP contribution in [0.3, 0.4) is 0 Å². The van der Waals surface area contributed by atoms with Crippen LogP contribution in [0.5, 0.6) is 0 Å². The third-order valence-electron chi connectivity index (χ3n) is 4.13. The Bertz CT molecular complexity index is 341. The predicted octanol–water partition coefficient (Wildman–Crippen LogP) is 0.514. The van der Waals surface area contributed by atoms with Gasteiger partial charge in [0.1, 0.15) is 0 Å². The molecule has 0 bridgehead atoms. The summed E-state index contributed by atoms with van der Waals surface area (Å²) in [5.74, 6) is 1.59. The third kappa shape index (κ3) is 3.66. The van der Waals surface area contributed by atoms with Crippen molar-refractivity contribution in [2.75, 3.05) is 31.1 Å². The first-order valence-corrected chi connectivity index (χ1v) is 8.39. The topological polar surface area (TPSA) is 57.6 Å². The molecule has 3 unspecified atom stereocenters. The van der Waals surface area contributed by atoms with Crippen LogP contribution in [0.1, 0.15) is 26.2 Å². The van der Waals surface area contributed by atoms with E-state index in [0.717, 1.165) is 25.8 Å². The van der Waals surface area contributed by atoms with Crippen molar-refractivity contribution in [2.45, 2.75) is 32.3 Å². The second-order valence-corrected chi connectivity index (χ2v) is 8.00. The van der Waals surface area contributed by atoms with Crippen LogP contribution in [0.25, 0.3) is 0 Å². The normalized spacial score (nSPS) is 39.1. The van der Waals surface area contributed by atoms with Gasteiger partial charge in [0.2, 0.25) is 0 Å². The molecule has 0 radical (unpaired) electrons. The van der Waals surface area contributed by atoms with Gasteiger partial charge in [0.05, 0.1) is 17.6 Å². The Labute approximate surface area is 104 Å². The van der Waals surface area contributed by atoms with E-state index in [1.165, 1.54) is 0 Å². The van der Waals surface area contributed by atoms with Crippen LogP contribution < -0.4 is 0 Å². The van der Waals surface area contributed by atoms with Gasteiger partial charge in [-0.3, -0.25) is 0 Å². The number of aliphatic hydroxyl groups excluding tert-OH is 1. The Morgan fingerprint density at radius 1 is 1.24 bits per heavy atom. The van der Waals surface area contributed by atoms with Gasteiger partial charge in [-0.1, -0.05) is 6.92 Å². The van der Waals surface area contributed by atoms with Crippen LogP contribution in [0.4, 0.5) is 0 Å². The molecule has 5 heteroatoms. The fourth-order valence-electron chi connectivity index (χ4n) is 2.94. The molecular weight excluding hydrogens is 238 g/mol. The first kappa shape index (κ1) is 13.3. The minimum absolute atomic E-state index is 0.190. The van der Waals surface area contributed by atoms with Crippen LogP contribution in [0, 0.1) is 11.8 Å². The Balaban J connectivity index is 1.84. The predicted molar refractivity (Wildman–Crippen MR) is 67.6 cm³/mol. The summed E-state index contributed by atoms with van der Waals surface area (Å²) in [6.07, 6.45) is 2.90. The van der Waals surface area contributed by atoms with Crippen molar-refractivity contribution >= 4 is 9.84 Å². The van der Waals surface area contributed by atoms with Gasteiger partial charge < -0.3 is 10.0 Å². The minimum atomic E-state index is -2.78. The lowest BCUT2D eigenvalue weighted by Gasteiger charge is -2.36. The molecule has 100 valence electrons. The number of nitrogens with zero attached hydrogens (tertiary/aromatic N) is 1. The van der Waals surface area contributed by atoms with Gasteiger partial charge in [0, 0.05) is 19.6 Å². The smallest absolute Gasteiger partial charge is 0.152 e. The largest absolute Gasteiger partial charge is 0.393 e. The lowest BCUT2D eigenvalue weighted by molar-refractivity contribution is 0.0320. The van der Waals surface area contributed by atoms with Gasteiger partial charge in [-0.05, 0) is 31.1 Å². The summed E-state index contributed by atoms with van der Waals surface area (Å²) in [5.41, 5.74) is 0. The molecule has 1 saturated heterocycles. The number of aliphatic hydroxyl groups is 1. The number of hydrogen-bond acceptors (Lipinski definition) is 4. The fourth-order valence-corrected chi connectivity index (χ4v) is 4.22. The Morgan fingerprint density at radius 2 is 1.88 bits per heavy atom. The van der Waals surface area contributed by atoms with Gasteiger partial charge in [0.25, 0.3) is 0 Å². The molecule has 0 aromatic heterocycles. The number of rotatable bonds is 2. The van der Waals surface area contributed by atoms with E-state index in [4.69, 9.17) is 0 Å². The minimum Gasteiger partial charge on any atom is -0.393 e. The van der Waals surface area contributed by atoms with E-state index < -0.39 is 9.84 Å². The highest BCUT2D eigenvalue weighted by atomic mass is 32.2. The molecule has 3 atom stereocenters. The van der Waals surface area contributed by atoms with E-state index >= 15 is 0 Å². The molecule has 1 aliphatic heterocycles. The molecule has 1 N–H and O–H groups in total. The summed E-state index contributed by atoms with van der Waals surface area (Å²) >= 11 is 0. The molecule has 17 heavy (non-hydrogen) atoms. The van der Waals surface area contributed by atoms with Crippen molar-refractivity contribution in [1.29, 1.82) is 0 Å². The van der Waals surface area contributed by atoms with E-state index in [0.29, 0.717) is 24.9 Å². The molecule has 2 rings (SSSR count). The van der Waals surface area contributed by atoms with Crippen LogP contribution >= 0.6 is 0 Å². The summed E-state index contributed by atoms with van der Waals surface area (Å²) in [4.78, 5) is 2.20. The molecule has 1 saturated carbocycles. The van der Waals surface area contributed by atoms with Crippen molar-refractivity contribution < 1.29 is 13.5 Å². The third-order valence-corrected chi connectivity index (χ3v) is 5.74. The summed E-state index contributed by atoms with van der Waals surface area (Å²) in [5, 5.41) is 9.98. The average molecular weight is 261 g/mol. The maximum Gasteiger partial charge on any atom is 0.152 e. The Morgan fingerprint density at radius 3 is 2.53 bits per heavy atom. The van der Waals surface area contributed by atoms with E-state index in [1.807, 2.05) is 0 Å².